The van der Waals surface area contributed by atoms with Crippen LogP contribution in [-0.2, 0) is 0 Å². The Morgan fingerprint density at radius 3 is 1.80 bits per heavy atom. The predicted molar refractivity (Wildman–Crippen MR) is 113 cm³/mol. The quantitative estimate of drug-likeness (QED) is 0.361. The number of benzene rings is 2. The summed E-state index contributed by atoms with van der Waals surface area (Å²) in [6.07, 6.45) is 1.22. The normalized spacial score (nSPS) is 10.1. The lowest BCUT2D eigenvalue weighted by atomic mass is 10.2. The maximum absolute atomic E-state index is 12.2. The van der Waals surface area contributed by atoms with Crippen molar-refractivity contribution in [2.45, 2.75) is 0 Å². The Morgan fingerprint density at radius 1 is 0.867 bits per heavy atom. The molecule has 154 valence electrons. The van der Waals surface area contributed by atoms with Gasteiger partial charge in [-0.15, -0.1) is 0 Å². The van der Waals surface area contributed by atoms with Gasteiger partial charge < -0.3 is 10.5 Å². The number of nitrogens with zero attached hydrogens (tertiary/aromatic N) is 2. The van der Waals surface area contributed by atoms with Gasteiger partial charge in [-0.05, 0) is 48.5 Å². The van der Waals surface area contributed by atoms with Crippen molar-refractivity contribution in [1.29, 1.82) is 0 Å². The van der Waals surface area contributed by atoms with Crippen molar-refractivity contribution in [2.75, 3.05) is 23.7 Å². The van der Waals surface area contributed by atoms with E-state index in [4.69, 9.17) is 22.1 Å². The molecule has 0 aliphatic rings. The van der Waals surface area contributed by atoms with Crippen LogP contribution in [0.3, 0.4) is 0 Å². The second-order valence-electron chi connectivity index (χ2n) is 5.88. The van der Waals surface area contributed by atoms with E-state index in [-0.39, 0.29) is 17.3 Å². The number of carbonyl (C=O) groups is 2. The maximum atomic E-state index is 12.2. The molecule has 0 aliphatic heterocycles. The molecule has 0 unspecified atom stereocenters. The Kier molecular flexibility index (Phi) is 6.50. The van der Waals surface area contributed by atoms with Gasteiger partial charge in [-0.1, -0.05) is 11.6 Å². The highest BCUT2D eigenvalue weighted by molar-refractivity contribution is 6.30. The standard InChI is InChI=1S/C19H18ClN7O3/c1-30-14-8-4-12(5-9-14)19(29)27-25-17-15(21)16(22-10-23-17)24-26-18(28)11-2-6-13(20)7-3-11/h2-10H,21H2,1H3,(H,26,28)(H,27,29)(H2,22,23,24,25). The predicted octanol–water partition coefficient (Wildman–Crippen LogP) is 2.23. The molecule has 0 fully saturated rings. The lowest BCUT2D eigenvalue weighted by molar-refractivity contribution is 0.0954. The van der Waals surface area contributed by atoms with E-state index in [0.717, 1.165) is 0 Å². The fourth-order valence-electron chi connectivity index (χ4n) is 2.31. The number of nitrogens with one attached hydrogen (secondary N) is 4. The molecule has 11 heteroatoms. The Labute approximate surface area is 176 Å². The van der Waals surface area contributed by atoms with Gasteiger partial charge in [0.05, 0.1) is 7.11 Å². The zero-order valence-electron chi connectivity index (χ0n) is 15.8. The molecule has 30 heavy (non-hydrogen) atoms. The summed E-state index contributed by atoms with van der Waals surface area (Å²) in [7, 11) is 1.54. The molecular formula is C19H18ClN7O3. The average Bonchev–Trinajstić information content (AvgIpc) is 2.77. The number of hydrogen-bond acceptors (Lipinski definition) is 8. The molecule has 0 spiro atoms. The van der Waals surface area contributed by atoms with Crippen molar-refractivity contribution in [3.8, 4) is 5.75 Å². The van der Waals surface area contributed by atoms with Crippen LogP contribution in [0.25, 0.3) is 0 Å². The van der Waals surface area contributed by atoms with Crippen LogP contribution >= 0.6 is 11.6 Å². The number of rotatable bonds is 7. The topological polar surface area (TPSA) is 143 Å². The van der Waals surface area contributed by atoms with Gasteiger partial charge in [-0.2, -0.15) is 0 Å². The highest BCUT2D eigenvalue weighted by atomic mass is 35.5. The minimum atomic E-state index is -0.410. The average molecular weight is 428 g/mol. The lowest BCUT2D eigenvalue weighted by Gasteiger charge is -2.14. The Balaban J connectivity index is 1.60. The number of nitrogen functional groups attached to an aromatic ring is 1. The minimum Gasteiger partial charge on any atom is -0.497 e. The first-order valence-electron chi connectivity index (χ1n) is 8.60. The molecule has 0 saturated carbocycles. The molecule has 0 saturated heterocycles. The van der Waals surface area contributed by atoms with Crippen LogP contribution in [0.2, 0.25) is 5.02 Å². The molecule has 3 aromatic rings. The summed E-state index contributed by atoms with van der Waals surface area (Å²) in [5.41, 5.74) is 17.1. The SMILES string of the molecule is COc1ccc(C(=O)NNc2ncnc(NNC(=O)c3ccc(Cl)cc3)c2N)cc1. The van der Waals surface area contributed by atoms with Gasteiger partial charge >= 0.3 is 0 Å². The van der Waals surface area contributed by atoms with E-state index >= 15 is 0 Å². The number of nitrogens with two attached hydrogens (primary N) is 1. The third kappa shape index (κ3) is 5.06. The molecule has 1 aromatic heterocycles. The summed E-state index contributed by atoms with van der Waals surface area (Å²) in [5.74, 6) is 0.118. The summed E-state index contributed by atoms with van der Waals surface area (Å²) >= 11 is 5.81. The summed E-state index contributed by atoms with van der Waals surface area (Å²) < 4.78 is 5.06. The number of anilines is 3. The van der Waals surface area contributed by atoms with Crippen LogP contribution in [0.15, 0.2) is 54.9 Å². The lowest BCUT2D eigenvalue weighted by Crippen LogP contribution is -2.32. The highest BCUT2D eigenvalue weighted by Gasteiger charge is 2.12. The summed E-state index contributed by atoms with van der Waals surface area (Å²) in [5, 5.41) is 0.520. The van der Waals surface area contributed by atoms with E-state index in [1.54, 1.807) is 48.5 Å². The molecule has 3 rings (SSSR count). The van der Waals surface area contributed by atoms with Crippen LogP contribution in [0.1, 0.15) is 20.7 Å². The smallest absolute Gasteiger partial charge is 0.269 e. The number of halogens is 1. The van der Waals surface area contributed by atoms with Crippen LogP contribution in [0, 0.1) is 0 Å². The molecule has 0 radical (unpaired) electrons. The number of ether oxygens (including phenoxy) is 1. The third-order valence-corrected chi connectivity index (χ3v) is 4.18. The number of hydrazine groups is 2. The highest BCUT2D eigenvalue weighted by Crippen LogP contribution is 2.21. The molecule has 0 bridgehead atoms. The molecule has 1 heterocycles. The first-order chi connectivity index (χ1) is 14.5. The summed E-state index contributed by atoms with van der Waals surface area (Å²) in [6.45, 7) is 0. The molecule has 10 nitrogen and oxygen atoms in total. The van der Waals surface area contributed by atoms with Crippen LogP contribution in [0.4, 0.5) is 17.3 Å². The number of carbonyl (C=O) groups excluding carboxylic acids is 2. The van der Waals surface area contributed by atoms with E-state index in [1.165, 1.54) is 13.4 Å². The number of methoxy groups -OCH3 is 1. The molecule has 2 aromatic carbocycles. The summed E-state index contributed by atoms with van der Waals surface area (Å²) in [6, 6.07) is 12.9. The maximum Gasteiger partial charge on any atom is 0.269 e. The van der Waals surface area contributed by atoms with Crippen molar-refractivity contribution in [3.05, 3.63) is 71.0 Å². The number of amides is 2. The number of hydrogen-bond donors (Lipinski definition) is 5. The van der Waals surface area contributed by atoms with Gasteiger partial charge in [0.15, 0.2) is 11.6 Å². The van der Waals surface area contributed by atoms with Crippen molar-refractivity contribution < 1.29 is 14.3 Å². The second kappa shape index (κ2) is 9.43. The largest absolute Gasteiger partial charge is 0.497 e. The molecule has 0 atom stereocenters. The van der Waals surface area contributed by atoms with Gasteiger partial charge in [0.25, 0.3) is 11.8 Å². The van der Waals surface area contributed by atoms with Crippen LogP contribution in [-0.4, -0.2) is 28.9 Å². The van der Waals surface area contributed by atoms with E-state index < -0.39 is 11.8 Å². The zero-order valence-corrected chi connectivity index (χ0v) is 16.5. The van der Waals surface area contributed by atoms with Crippen LogP contribution < -0.4 is 32.2 Å². The molecule has 0 aliphatic carbocycles. The van der Waals surface area contributed by atoms with Gasteiger partial charge in [0.2, 0.25) is 0 Å². The fourth-order valence-corrected chi connectivity index (χ4v) is 2.44. The Bertz CT molecular complexity index is 1040. The van der Waals surface area contributed by atoms with Crippen molar-refractivity contribution in [2.24, 2.45) is 0 Å². The molecular weight excluding hydrogens is 410 g/mol. The first-order valence-corrected chi connectivity index (χ1v) is 8.98. The van der Waals surface area contributed by atoms with Gasteiger partial charge in [-0.3, -0.25) is 31.3 Å². The van der Waals surface area contributed by atoms with Crippen molar-refractivity contribution >= 4 is 40.7 Å². The fraction of sp³-hybridized carbons (Fsp3) is 0.0526. The van der Waals surface area contributed by atoms with Gasteiger partial charge in [0, 0.05) is 16.1 Å². The van der Waals surface area contributed by atoms with E-state index in [1.807, 2.05) is 0 Å². The second-order valence-corrected chi connectivity index (χ2v) is 6.31. The van der Waals surface area contributed by atoms with E-state index in [2.05, 4.69) is 31.7 Å². The number of aromatic nitrogens is 2. The minimum absolute atomic E-state index is 0.0870. The van der Waals surface area contributed by atoms with Crippen LogP contribution in [0.5, 0.6) is 5.75 Å². The van der Waals surface area contributed by atoms with Crippen molar-refractivity contribution in [3.63, 3.8) is 0 Å². The molecule has 6 N–H and O–H groups in total. The van der Waals surface area contributed by atoms with E-state index in [0.29, 0.717) is 21.9 Å². The summed E-state index contributed by atoms with van der Waals surface area (Å²) in [4.78, 5) is 32.3. The Morgan fingerprint density at radius 2 is 1.33 bits per heavy atom. The van der Waals surface area contributed by atoms with Gasteiger partial charge in [-0.25, -0.2) is 9.97 Å². The third-order valence-electron chi connectivity index (χ3n) is 3.93. The van der Waals surface area contributed by atoms with E-state index in [9.17, 15) is 9.59 Å². The first kappa shape index (κ1) is 20.7. The molecule has 2 amide bonds. The van der Waals surface area contributed by atoms with Gasteiger partial charge in [0.1, 0.15) is 17.8 Å². The Hall–Kier alpha value is -4.05. The monoisotopic (exact) mass is 427 g/mol. The zero-order chi connectivity index (χ0) is 21.5. The van der Waals surface area contributed by atoms with Crippen molar-refractivity contribution in [1.82, 2.24) is 20.8 Å².